The molecule has 4 heterocycles. The van der Waals surface area contributed by atoms with Crippen LogP contribution in [0.3, 0.4) is 0 Å². The Morgan fingerprint density at radius 3 is 2.83 bits per heavy atom. The number of rotatable bonds is 4. The number of benzene rings is 1. The van der Waals surface area contributed by atoms with Crippen LogP contribution >= 0.6 is 0 Å². The van der Waals surface area contributed by atoms with E-state index in [1.54, 1.807) is 12.4 Å². The molecule has 0 unspecified atom stereocenters. The van der Waals surface area contributed by atoms with Crippen molar-refractivity contribution < 1.29 is 9.47 Å². The first-order valence-electron chi connectivity index (χ1n) is 12.6. The van der Waals surface area contributed by atoms with Crippen LogP contribution in [0.5, 0.6) is 5.88 Å². The Labute approximate surface area is 207 Å². The zero-order valence-electron chi connectivity index (χ0n) is 20.2. The summed E-state index contributed by atoms with van der Waals surface area (Å²) in [6, 6.07) is 12.2. The van der Waals surface area contributed by atoms with E-state index < -0.39 is 0 Å². The van der Waals surface area contributed by atoms with Crippen LogP contribution in [0.1, 0.15) is 36.8 Å². The number of fused-ring (bicyclic) bond motifs is 7. The molecule has 0 spiro atoms. The standard InChI is InChI=1S/C28H33N5O2/c1-4-17-34-21-24-19-25(9-8-22(24)7-6-16-33-14-2-3-15-33)31-28-30-13-11-26(32-28)23-10-12-29-27(20-23)35-18-5-1/h1,4,8-13,19-20H,2-3,5-7,14-18,21H2,(H,30,31,32)/b4-1+. The molecule has 0 radical (unpaired) electrons. The molecule has 182 valence electrons. The lowest BCUT2D eigenvalue weighted by molar-refractivity contribution is 0.148. The van der Waals surface area contributed by atoms with Gasteiger partial charge in [-0.25, -0.2) is 15.0 Å². The van der Waals surface area contributed by atoms with E-state index in [9.17, 15) is 0 Å². The van der Waals surface area contributed by atoms with Gasteiger partial charge in [0, 0.05) is 29.7 Å². The molecule has 1 saturated heterocycles. The van der Waals surface area contributed by atoms with Crippen molar-refractivity contribution in [2.45, 2.75) is 38.7 Å². The normalized spacial score (nSPS) is 17.6. The minimum atomic E-state index is 0.555. The number of pyridine rings is 1. The van der Waals surface area contributed by atoms with Crippen molar-refractivity contribution in [2.24, 2.45) is 0 Å². The Hall–Kier alpha value is -3.29. The van der Waals surface area contributed by atoms with Gasteiger partial charge in [-0.15, -0.1) is 0 Å². The molecule has 0 atom stereocenters. The molecular weight excluding hydrogens is 438 g/mol. The Balaban J connectivity index is 1.37. The summed E-state index contributed by atoms with van der Waals surface area (Å²) in [6.07, 6.45) is 13.4. The summed E-state index contributed by atoms with van der Waals surface area (Å²) in [4.78, 5) is 16.1. The number of nitrogens with one attached hydrogen (secondary N) is 1. The molecule has 1 N–H and O–H groups in total. The Morgan fingerprint density at radius 1 is 0.971 bits per heavy atom. The summed E-state index contributed by atoms with van der Waals surface area (Å²) >= 11 is 0. The highest BCUT2D eigenvalue weighted by molar-refractivity contribution is 5.63. The van der Waals surface area contributed by atoms with Gasteiger partial charge < -0.3 is 19.7 Å². The van der Waals surface area contributed by atoms with Crippen LogP contribution in [0.4, 0.5) is 11.6 Å². The summed E-state index contributed by atoms with van der Waals surface area (Å²) in [6.45, 7) is 5.37. The zero-order valence-corrected chi connectivity index (χ0v) is 20.2. The lowest BCUT2D eigenvalue weighted by Gasteiger charge is -2.16. The summed E-state index contributed by atoms with van der Waals surface area (Å²) in [5, 5.41) is 3.38. The van der Waals surface area contributed by atoms with Crippen LogP contribution in [0.15, 0.2) is 60.9 Å². The number of hydrogen-bond donors (Lipinski definition) is 1. The second-order valence-corrected chi connectivity index (χ2v) is 9.03. The van der Waals surface area contributed by atoms with Crippen molar-refractivity contribution in [2.75, 3.05) is 38.2 Å². The van der Waals surface area contributed by atoms with E-state index in [-0.39, 0.29) is 0 Å². The van der Waals surface area contributed by atoms with E-state index in [0.29, 0.717) is 31.6 Å². The van der Waals surface area contributed by atoms with Gasteiger partial charge in [0.1, 0.15) is 0 Å². The van der Waals surface area contributed by atoms with Crippen LogP contribution in [-0.2, 0) is 17.8 Å². The van der Waals surface area contributed by atoms with Gasteiger partial charge >= 0.3 is 0 Å². The molecule has 2 aliphatic rings. The monoisotopic (exact) mass is 471 g/mol. The Kier molecular flexibility index (Phi) is 7.98. The van der Waals surface area contributed by atoms with E-state index in [2.05, 4.69) is 50.5 Å². The molecule has 35 heavy (non-hydrogen) atoms. The minimum absolute atomic E-state index is 0.555. The van der Waals surface area contributed by atoms with E-state index in [0.717, 1.165) is 29.8 Å². The Bertz CT molecular complexity index is 1140. The molecule has 0 saturated carbocycles. The molecule has 3 aromatic rings. The summed E-state index contributed by atoms with van der Waals surface area (Å²) < 4.78 is 11.8. The first-order chi connectivity index (χ1) is 17.3. The van der Waals surface area contributed by atoms with Gasteiger partial charge in [0.25, 0.3) is 0 Å². The smallest absolute Gasteiger partial charge is 0.227 e. The Morgan fingerprint density at radius 2 is 1.89 bits per heavy atom. The summed E-state index contributed by atoms with van der Waals surface area (Å²) in [5.41, 5.74) is 5.28. The number of ether oxygens (including phenoxy) is 2. The second kappa shape index (κ2) is 11.9. The van der Waals surface area contributed by atoms with Gasteiger partial charge in [0.15, 0.2) is 0 Å². The average Bonchev–Trinajstić information content (AvgIpc) is 3.40. The topological polar surface area (TPSA) is 72.4 Å². The predicted octanol–water partition coefficient (Wildman–Crippen LogP) is 5.17. The minimum Gasteiger partial charge on any atom is -0.477 e. The maximum absolute atomic E-state index is 6.01. The van der Waals surface area contributed by atoms with Gasteiger partial charge in [-0.2, -0.15) is 0 Å². The second-order valence-electron chi connectivity index (χ2n) is 9.03. The van der Waals surface area contributed by atoms with Crippen molar-refractivity contribution in [1.29, 1.82) is 0 Å². The number of aryl methyl sites for hydroxylation is 1. The summed E-state index contributed by atoms with van der Waals surface area (Å²) in [5.74, 6) is 1.14. The number of likely N-dealkylation sites (tertiary alicyclic amines) is 1. The molecule has 2 aromatic heterocycles. The number of hydrogen-bond acceptors (Lipinski definition) is 7. The molecule has 6 bridgehead atoms. The molecule has 7 nitrogen and oxygen atoms in total. The highest BCUT2D eigenvalue weighted by Gasteiger charge is 2.12. The average molecular weight is 472 g/mol. The fourth-order valence-electron chi connectivity index (χ4n) is 4.59. The molecule has 5 rings (SSSR count). The lowest BCUT2D eigenvalue weighted by atomic mass is 10.0. The molecule has 1 fully saturated rings. The number of aromatic nitrogens is 3. The van der Waals surface area contributed by atoms with Crippen molar-refractivity contribution in [3.05, 3.63) is 72.1 Å². The van der Waals surface area contributed by atoms with E-state index in [1.165, 1.54) is 50.0 Å². The van der Waals surface area contributed by atoms with Crippen LogP contribution in [0.25, 0.3) is 11.3 Å². The van der Waals surface area contributed by atoms with Gasteiger partial charge in [0.2, 0.25) is 11.8 Å². The van der Waals surface area contributed by atoms with Gasteiger partial charge in [-0.1, -0.05) is 18.2 Å². The first-order valence-corrected chi connectivity index (χ1v) is 12.6. The molecular formula is C28H33N5O2. The lowest BCUT2D eigenvalue weighted by Crippen LogP contribution is -2.20. The zero-order chi connectivity index (χ0) is 23.7. The maximum atomic E-state index is 6.01. The van der Waals surface area contributed by atoms with Crippen LogP contribution in [-0.4, -0.2) is 52.7 Å². The maximum Gasteiger partial charge on any atom is 0.227 e. The number of nitrogens with zero attached hydrogens (tertiary/aromatic N) is 4. The largest absolute Gasteiger partial charge is 0.477 e. The molecule has 1 aromatic carbocycles. The van der Waals surface area contributed by atoms with E-state index >= 15 is 0 Å². The third kappa shape index (κ3) is 6.65. The van der Waals surface area contributed by atoms with E-state index in [4.69, 9.17) is 14.5 Å². The third-order valence-electron chi connectivity index (χ3n) is 6.44. The fraction of sp³-hybridized carbons (Fsp3) is 0.393. The highest BCUT2D eigenvalue weighted by Crippen LogP contribution is 2.24. The van der Waals surface area contributed by atoms with Crippen LogP contribution in [0.2, 0.25) is 0 Å². The third-order valence-corrected chi connectivity index (χ3v) is 6.44. The van der Waals surface area contributed by atoms with Crippen molar-refractivity contribution in [3.8, 4) is 17.1 Å². The molecule has 2 aliphatic heterocycles. The van der Waals surface area contributed by atoms with Crippen molar-refractivity contribution >= 4 is 11.6 Å². The molecule has 0 amide bonds. The van der Waals surface area contributed by atoms with Gasteiger partial charge in [-0.05, 0) is 87.1 Å². The SMILES string of the molecule is C1=C/COCc2cc(ccc2CCCN2CCCC2)Nc2nccc(n2)-c2ccnc(c2)OCC/1. The van der Waals surface area contributed by atoms with E-state index in [1.807, 2.05) is 18.2 Å². The van der Waals surface area contributed by atoms with Crippen molar-refractivity contribution in [1.82, 2.24) is 19.9 Å². The van der Waals surface area contributed by atoms with Gasteiger partial charge in [-0.3, -0.25) is 0 Å². The van der Waals surface area contributed by atoms with Gasteiger partial charge in [0.05, 0.1) is 25.5 Å². The predicted molar refractivity (Wildman–Crippen MR) is 138 cm³/mol. The molecule has 7 heteroatoms. The van der Waals surface area contributed by atoms with Crippen LogP contribution < -0.4 is 10.1 Å². The summed E-state index contributed by atoms with van der Waals surface area (Å²) in [7, 11) is 0. The molecule has 0 aliphatic carbocycles. The van der Waals surface area contributed by atoms with Crippen LogP contribution in [0, 0.1) is 0 Å². The quantitative estimate of drug-likeness (QED) is 0.527. The highest BCUT2D eigenvalue weighted by atomic mass is 16.5. The number of anilines is 2. The fourth-order valence-corrected chi connectivity index (χ4v) is 4.59. The van der Waals surface area contributed by atoms with Crippen molar-refractivity contribution in [3.63, 3.8) is 0 Å². The first kappa shape index (κ1) is 23.5.